The van der Waals surface area contributed by atoms with E-state index in [0.717, 1.165) is 37.3 Å². The number of likely N-dealkylation sites (tertiary alicyclic amines) is 2. The van der Waals surface area contributed by atoms with Crippen molar-refractivity contribution in [3.8, 4) is 0 Å². The van der Waals surface area contributed by atoms with Gasteiger partial charge in [-0.1, -0.05) is 0 Å². The molecule has 4 amide bonds. The predicted molar refractivity (Wildman–Crippen MR) is 60.1 cm³/mol. The van der Waals surface area contributed by atoms with Gasteiger partial charge in [0.1, 0.15) is 6.04 Å². The lowest BCUT2D eigenvalue weighted by molar-refractivity contribution is -0.137. The molecule has 0 bridgehead atoms. The maximum Gasteiger partial charge on any atom is 0.318 e. The van der Waals surface area contributed by atoms with Crippen molar-refractivity contribution in [3.63, 3.8) is 0 Å². The van der Waals surface area contributed by atoms with Gasteiger partial charge >= 0.3 is 6.03 Å². The first-order chi connectivity index (χ1) is 8.09. The molecule has 2 saturated heterocycles. The van der Waals surface area contributed by atoms with Crippen LogP contribution in [0.25, 0.3) is 0 Å². The molecular formula is C11H17N3O3. The second kappa shape index (κ2) is 4.73. The smallest absolute Gasteiger partial charge is 0.318 e. The Morgan fingerprint density at radius 2 is 1.88 bits per heavy atom. The molecule has 0 aromatic carbocycles. The molecule has 94 valence electrons. The minimum Gasteiger partial charge on any atom is -0.326 e. The van der Waals surface area contributed by atoms with Crippen molar-refractivity contribution in [2.45, 2.75) is 31.7 Å². The van der Waals surface area contributed by atoms with Crippen LogP contribution in [0.3, 0.4) is 0 Å². The summed E-state index contributed by atoms with van der Waals surface area (Å²) in [7, 11) is 1.44. The lowest BCUT2D eigenvalue weighted by Gasteiger charge is -2.27. The molecule has 0 aliphatic carbocycles. The van der Waals surface area contributed by atoms with Gasteiger partial charge in [0.05, 0.1) is 6.42 Å². The van der Waals surface area contributed by atoms with E-state index >= 15 is 0 Å². The Bertz CT molecular complexity index is 350. The first kappa shape index (κ1) is 11.9. The third-order valence-electron chi connectivity index (χ3n) is 3.32. The zero-order valence-electron chi connectivity index (χ0n) is 9.94. The predicted octanol–water partition coefficient (Wildman–Crippen LogP) is -0.0608. The lowest BCUT2D eigenvalue weighted by Crippen LogP contribution is -2.49. The van der Waals surface area contributed by atoms with Crippen LogP contribution in [-0.2, 0) is 9.59 Å². The molecule has 0 aromatic heterocycles. The number of imide groups is 1. The van der Waals surface area contributed by atoms with E-state index in [4.69, 9.17) is 0 Å². The van der Waals surface area contributed by atoms with Crippen molar-refractivity contribution in [2.24, 2.45) is 0 Å². The molecule has 2 fully saturated rings. The summed E-state index contributed by atoms with van der Waals surface area (Å²) in [6.07, 6.45) is 3.23. The van der Waals surface area contributed by atoms with E-state index in [0.29, 0.717) is 0 Å². The Kier molecular flexibility index (Phi) is 3.31. The summed E-state index contributed by atoms with van der Waals surface area (Å²) < 4.78 is 0. The van der Waals surface area contributed by atoms with E-state index in [1.54, 1.807) is 4.90 Å². The average Bonchev–Trinajstić information content (AvgIpc) is 2.58. The highest BCUT2D eigenvalue weighted by Crippen LogP contribution is 2.13. The Morgan fingerprint density at radius 3 is 2.41 bits per heavy atom. The molecule has 0 aromatic rings. The molecule has 1 unspecified atom stereocenters. The Labute approximate surface area is 99.9 Å². The van der Waals surface area contributed by atoms with Gasteiger partial charge in [0.25, 0.3) is 5.91 Å². The fourth-order valence-electron chi connectivity index (χ4n) is 2.21. The molecule has 17 heavy (non-hydrogen) atoms. The van der Waals surface area contributed by atoms with E-state index in [9.17, 15) is 14.4 Å². The van der Waals surface area contributed by atoms with E-state index in [1.807, 2.05) is 0 Å². The second-order valence-corrected chi connectivity index (χ2v) is 4.54. The maximum atomic E-state index is 11.8. The molecule has 2 aliphatic rings. The topological polar surface area (TPSA) is 69.7 Å². The van der Waals surface area contributed by atoms with Gasteiger partial charge in [0, 0.05) is 20.1 Å². The molecule has 6 nitrogen and oxygen atoms in total. The summed E-state index contributed by atoms with van der Waals surface area (Å²) in [5, 5.41) is 2.63. The number of nitrogens with one attached hydrogen (secondary N) is 1. The third-order valence-corrected chi connectivity index (χ3v) is 3.32. The number of carbonyl (C=O) groups is 3. The SMILES string of the molecule is CN1C(=O)CC(NC(=O)N2CCCCC2)C1=O. The zero-order chi connectivity index (χ0) is 12.4. The number of amides is 4. The van der Waals surface area contributed by atoms with Crippen LogP contribution in [0.1, 0.15) is 25.7 Å². The van der Waals surface area contributed by atoms with Crippen LogP contribution in [-0.4, -0.2) is 53.8 Å². The average molecular weight is 239 g/mol. The Balaban J connectivity index is 1.90. The number of urea groups is 1. The van der Waals surface area contributed by atoms with Crippen LogP contribution >= 0.6 is 0 Å². The molecule has 0 radical (unpaired) electrons. The molecule has 2 heterocycles. The van der Waals surface area contributed by atoms with Crippen LogP contribution < -0.4 is 5.32 Å². The Hall–Kier alpha value is -1.59. The van der Waals surface area contributed by atoms with Gasteiger partial charge in [-0.3, -0.25) is 14.5 Å². The van der Waals surface area contributed by atoms with Crippen molar-refractivity contribution in [1.82, 2.24) is 15.1 Å². The minimum absolute atomic E-state index is 0.0783. The lowest BCUT2D eigenvalue weighted by atomic mass is 10.1. The highest BCUT2D eigenvalue weighted by Gasteiger charge is 2.37. The number of rotatable bonds is 1. The normalized spacial score (nSPS) is 25.4. The standard InChI is InChI=1S/C11H17N3O3/c1-13-9(15)7-8(10(13)16)12-11(17)14-5-3-2-4-6-14/h8H,2-7H2,1H3,(H,12,17). The monoisotopic (exact) mass is 239 g/mol. The number of carbonyl (C=O) groups excluding carboxylic acids is 3. The molecular weight excluding hydrogens is 222 g/mol. The minimum atomic E-state index is -0.679. The molecule has 0 saturated carbocycles. The highest BCUT2D eigenvalue weighted by molar-refractivity contribution is 6.06. The van der Waals surface area contributed by atoms with Gasteiger partial charge < -0.3 is 10.2 Å². The van der Waals surface area contributed by atoms with Gasteiger partial charge in [0.2, 0.25) is 5.91 Å². The molecule has 2 aliphatic heterocycles. The third kappa shape index (κ3) is 2.40. The number of nitrogens with zero attached hydrogens (tertiary/aromatic N) is 2. The van der Waals surface area contributed by atoms with Crippen molar-refractivity contribution < 1.29 is 14.4 Å². The summed E-state index contributed by atoms with van der Waals surface area (Å²) in [5.74, 6) is -0.556. The van der Waals surface area contributed by atoms with Gasteiger partial charge in [-0.15, -0.1) is 0 Å². The van der Waals surface area contributed by atoms with Crippen molar-refractivity contribution in [2.75, 3.05) is 20.1 Å². The summed E-state index contributed by atoms with van der Waals surface area (Å²) in [6.45, 7) is 1.47. The second-order valence-electron chi connectivity index (χ2n) is 4.54. The summed E-state index contributed by atoms with van der Waals surface area (Å²) in [4.78, 5) is 37.5. The van der Waals surface area contributed by atoms with E-state index < -0.39 is 6.04 Å². The largest absolute Gasteiger partial charge is 0.326 e. The van der Waals surface area contributed by atoms with Crippen LogP contribution in [0.15, 0.2) is 0 Å². The van der Waals surface area contributed by atoms with E-state index in [1.165, 1.54) is 7.05 Å². The highest BCUT2D eigenvalue weighted by atomic mass is 16.2. The summed E-state index contributed by atoms with van der Waals surface area (Å²) >= 11 is 0. The maximum absolute atomic E-state index is 11.8. The molecule has 1 atom stereocenters. The van der Waals surface area contributed by atoms with Crippen molar-refractivity contribution in [3.05, 3.63) is 0 Å². The van der Waals surface area contributed by atoms with Gasteiger partial charge in [-0.2, -0.15) is 0 Å². The first-order valence-electron chi connectivity index (χ1n) is 5.95. The summed E-state index contributed by atoms with van der Waals surface area (Å²) in [5.41, 5.74) is 0. The van der Waals surface area contributed by atoms with Crippen LogP contribution in [0.4, 0.5) is 4.79 Å². The molecule has 0 spiro atoms. The van der Waals surface area contributed by atoms with E-state index in [2.05, 4.69) is 5.32 Å². The Morgan fingerprint density at radius 1 is 1.24 bits per heavy atom. The number of piperidine rings is 1. The van der Waals surface area contributed by atoms with Crippen molar-refractivity contribution in [1.29, 1.82) is 0 Å². The quantitative estimate of drug-likeness (QED) is 0.652. The van der Waals surface area contributed by atoms with Gasteiger partial charge in [-0.05, 0) is 19.3 Å². The molecule has 6 heteroatoms. The zero-order valence-corrected chi connectivity index (χ0v) is 9.94. The van der Waals surface area contributed by atoms with Crippen LogP contribution in [0.5, 0.6) is 0 Å². The fourth-order valence-corrected chi connectivity index (χ4v) is 2.21. The van der Waals surface area contributed by atoms with Crippen LogP contribution in [0.2, 0.25) is 0 Å². The number of likely N-dealkylation sites (N-methyl/N-ethyl adjacent to an activating group) is 1. The van der Waals surface area contributed by atoms with Gasteiger partial charge in [0.15, 0.2) is 0 Å². The molecule has 2 rings (SSSR count). The fraction of sp³-hybridized carbons (Fsp3) is 0.727. The van der Waals surface area contributed by atoms with Gasteiger partial charge in [-0.25, -0.2) is 4.79 Å². The van der Waals surface area contributed by atoms with Crippen LogP contribution in [0, 0.1) is 0 Å². The summed E-state index contributed by atoms with van der Waals surface area (Å²) in [6, 6.07) is -0.909. The number of hydrogen-bond acceptors (Lipinski definition) is 3. The molecule has 1 N–H and O–H groups in total. The van der Waals surface area contributed by atoms with E-state index in [-0.39, 0.29) is 24.3 Å². The van der Waals surface area contributed by atoms with Crippen molar-refractivity contribution >= 4 is 17.8 Å². The number of hydrogen-bond donors (Lipinski definition) is 1. The first-order valence-corrected chi connectivity index (χ1v) is 5.95.